The van der Waals surface area contributed by atoms with Gasteiger partial charge in [-0.05, 0) is 24.3 Å². The normalized spacial score (nSPS) is 17.9. The van der Waals surface area contributed by atoms with Crippen LogP contribution in [0, 0.1) is 0 Å². The summed E-state index contributed by atoms with van der Waals surface area (Å²) in [5.41, 5.74) is 1.92. The van der Waals surface area contributed by atoms with E-state index in [0.29, 0.717) is 56.3 Å². The number of aromatic nitrogens is 1. The molecule has 8 heteroatoms. The molecule has 0 saturated carbocycles. The number of ether oxygens (including phenoxy) is 4. The number of nitrogens with zero attached hydrogens (tertiary/aromatic N) is 2. The first-order chi connectivity index (χ1) is 14.1. The summed E-state index contributed by atoms with van der Waals surface area (Å²) in [6.07, 6.45) is 3.02. The lowest BCUT2D eigenvalue weighted by molar-refractivity contribution is -0.181. The summed E-state index contributed by atoms with van der Waals surface area (Å²) in [6.45, 7) is 2.45. The van der Waals surface area contributed by atoms with Crippen LogP contribution in [-0.2, 0) is 9.47 Å². The van der Waals surface area contributed by atoms with Gasteiger partial charge in [-0.25, -0.2) is 4.98 Å². The van der Waals surface area contributed by atoms with Crippen LogP contribution in [0.4, 0.5) is 11.4 Å². The van der Waals surface area contributed by atoms with Gasteiger partial charge < -0.3 is 29.2 Å². The highest BCUT2D eigenvalue weighted by Gasteiger charge is 2.41. The largest absolute Gasteiger partial charge is 0.497 e. The van der Waals surface area contributed by atoms with Gasteiger partial charge in [-0.1, -0.05) is 0 Å². The standard InChI is InChI=1S/C21H25N3O5/c1-26-16-4-6-19(27-2)18(13-16)23-15-3-5-17(22-14-15)20(25)24-9-7-21(8-10-24)28-11-12-29-21/h3-6,13-14,23H,7-12H2,1-2H3. The Morgan fingerprint density at radius 3 is 2.48 bits per heavy atom. The van der Waals surface area contributed by atoms with Crippen molar-refractivity contribution in [2.24, 2.45) is 0 Å². The number of nitrogens with one attached hydrogen (secondary N) is 1. The molecule has 29 heavy (non-hydrogen) atoms. The molecular weight excluding hydrogens is 374 g/mol. The van der Waals surface area contributed by atoms with Crippen molar-refractivity contribution in [1.29, 1.82) is 0 Å². The maximum absolute atomic E-state index is 12.8. The molecule has 0 unspecified atom stereocenters. The lowest BCUT2D eigenvalue weighted by Crippen LogP contribution is -2.47. The Bertz CT molecular complexity index is 855. The minimum Gasteiger partial charge on any atom is -0.497 e. The maximum atomic E-state index is 12.8. The van der Waals surface area contributed by atoms with E-state index in [1.807, 2.05) is 24.3 Å². The Morgan fingerprint density at radius 1 is 1.10 bits per heavy atom. The number of carbonyl (C=O) groups excluding carboxylic acids is 1. The maximum Gasteiger partial charge on any atom is 0.272 e. The highest BCUT2D eigenvalue weighted by molar-refractivity contribution is 5.92. The Kier molecular flexibility index (Phi) is 5.55. The van der Waals surface area contributed by atoms with Gasteiger partial charge >= 0.3 is 0 Å². The van der Waals surface area contributed by atoms with E-state index < -0.39 is 5.79 Å². The Labute approximate surface area is 169 Å². The molecule has 0 aliphatic carbocycles. The van der Waals surface area contributed by atoms with E-state index in [4.69, 9.17) is 18.9 Å². The van der Waals surface area contributed by atoms with Crippen LogP contribution in [0.1, 0.15) is 23.3 Å². The molecule has 2 aliphatic rings. The van der Waals surface area contributed by atoms with E-state index in [1.165, 1.54) is 0 Å². The first kappa shape index (κ1) is 19.5. The Hall–Kier alpha value is -2.84. The van der Waals surface area contributed by atoms with Crippen LogP contribution in [0.2, 0.25) is 0 Å². The minimum absolute atomic E-state index is 0.0802. The molecule has 1 N–H and O–H groups in total. The third-order valence-electron chi connectivity index (χ3n) is 5.29. The van der Waals surface area contributed by atoms with Crippen molar-refractivity contribution in [3.05, 3.63) is 42.2 Å². The van der Waals surface area contributed by atoms with E-state index in [9.17, 15) is 4.79 Å². The number of amides is 1. The highest BCUT2D eigenvalue weighted by Crippen LogP contribution is 2.33. The highest BCUT2D eigenvalue weighted by atomic mass is 16.7. The average Bonchev–Trinajstić information content (AvgIpc) is 3.22. The zero-order valence-electron chi connectivity index (χ0n) is 16.6. The summed E-state index contributed by atoms with van der Waals surface area (Å²) in [5.74, 6) is 0.826. The van der Waals surface area contributed by atoms with Gasteiger partial charge in [0.2, 0.25) is 0 Å². The fraction of sp³-hybridized carbons (Fsp3) is 0.429. The molecule has 1 aromatic carbocycles. The smallest absolute Gasteiger partial charge is 0.272 e. The van der Waals surface area contributed by atoms with Crippen LogP contribution < -0.4 is 14.8 Å². The number of rotatable bonds is 5. The molecule has 0 bridgehead atoms. The van der Waals surface area contributed by atoms with Crippen molar-refractivity contribution in [3.63, 3.8) is 0 Å². The third-order valence-corrected chi connectivity index (χ3v) is 5.29. The summed E-state index contributed by atoms with van der Waals surface area (Å²) in [5, 5.41) is 3.25. The number of hydrogen-bond donors (Lipinski definition) is 1. The average molecular weight is 399 g/mol. The van der Waals surface area contributed by atoms with Crippen molar-refractivity contribution in [2.75, 3.05) is 45.8 Å². The third kappa shape index (κ3) is 4.13. The molecule has 1 amide bonds. The molecule has 3 heterocycles. The number of methoxy groups -OCH3 is 2. The van der Waals surface area contributed by atoms with Gasteiger partial charge in [-0.3, -0.25) is 4.79 Å². The van der Waals surface area contributed by atoms with Crippen molar-refractivity contribution in [1.82, 2.24) is 9.88 Å². The SMILES string of the molecule is COc1ccc(OC)c(Nc2ccc(C(=O)N3CCC4(CC3)OCCO4)nc2)c1. The van der Waals surface area contributed by atoms with Gasteiger partial charge in [0.15, 0.2) is 5.79 Å². The monoisotopic (exact) mass is 399 g/mol. The van der Waals surface area contributed by atoms with Crippen LogP contribution in [0.3, 0.4) is 0 Å². The number of carbonyl (C=O) groups is 1. The predicted molar refractivity (Wildman–Crippen MR) is 107 cm³/mol. The lowest BCUT2D eigenvalue weighted by Gasteiger charge is -2.37. The Balaban J connectivity index is 1.41. The molecule has 154 valence electrons. The van der Waals surface area contributed by atoms with E-state index in [0.717, 1.165) is 11.4 Å². The fourth-order valence-electron chi connectivity index (χ4n) is 3.66. The van der Waals surface area contributed by atoms with Gasteiger partial charge in [-0.15, -0.1) is 0 Å². The number of piperidine rings is 1. The first-order valence-electron chi connectivity index (χ1n) is 9.65. The van der Waals surface area contributed by atoms with Crippen LogP contribution >= 0.6 is 0 Å². The van der Waals surface area contributed by atoms with Crippen molar-refractivity contribution < 1.29 is 23.7 Å². The van der Waals surface area contributed by atoms with Gasteiger partial charge in [0.1, 0.15) is 17.2 Å². The number of anilines is 2. The predicted octanol–water partition coefficient (Wildman–Crippen LogP) is 2.82. The molecule has 0 radical (unpaired) electrons. The number of hydrogen-bond acceptors (Lipinski definition) is 7. The molecule has 1 spiro atoms. The van der Waals surface area contributed by atoms with Gasteiger partial charge in [-0.2, -0.15) is 0 Å². The zero-order valence-corrected chi connectivity index (χ0v) is 16.6. The van der Waals surface area contributed by atoms with Gasteiger partial charge in [0.05, 0.1) is 45.0 Å². The molecule has 2 aliphatic heterocycles. The van der Waals surface area contributed by atoms with Crippen LogP contribution in [0.25, 0.3) is 0 Å². The fourth-order valence-corrected chi connectivity index (χ4v) is 3.66. The number of benzene rings is 1. The quantitative estimate of drug-likeness (QED) is 0.828. The molecule has 8 nitrogen and oxygen atoms in total. The first-order valence-corrected chi connectivity index (χ1v) is 9.65. The van der Waals surface area contributed by atoms with Gasteiger partial charge in [0, 0.05) is 32.0 Å². The molecule has 4 rings (SSSR count). The lowest BCUT2D eigenvalue weighted by atomic mass is 10.0. The van der Waals surface area contributed by atoms with Crippen molar-refractivity contribution in [3.8, 4) is 11.5 Å². The van der Waals surface area contributed by atoms with Crippen LogP contribution in [0.15, 0.2) is 36.5 Å². The number of pyridine rings is 1. The van der Waals surface area contributed by atoms with Crippen molar-refractivity contribution >= 4 is 17.3 Å². The van der Waals surface area contributed by atoms with E-state index in [2.05, 4.69) is 10.3 Å². The van der Waals surface area contributed by atoms with Crippen LogP contribution in [-0.4, -0.2) is 62.1 Å². The van der Waals surface area contributed by atoms with Crippen LogP contribution in [0.5, 0.6) is 11.5 Å². The second kappa shape index (κ2) is 8.26. The Morgan fingerprint density at radius 2 is 1.86 bits per heavy atom. The van der Waals surface area contributed by atoms with Crippen molar-refractivity contribution in [2.45, 2.75) is 18.6 Å². The van der Waals surface area contributed by atoms with E-state index in [-0.39, 0.29) is 5.91 Å². The van der Waals surface area contributed by atoms with Gasteiger partial charge in [0.25, 0.3) is 5.91 Å². The molecular formula is C21H25N3O5. The molecule has 0 atom stereocenters. The second-order valence-electron chi connectivity index (χ2n) is 7.02. The summed E-state index contributed by atoms with van der Waals surface area (Å²) in [6, 6.07) is 9.05. The second-order valence-corrected chi connectivity index (χ2v) is 7.02. The molecule has 2 fully saturated rings. The summed E-state index contributed by atoms with van der Waals surface area (Å²) < 4.78 is 22.1. The zero-order chi connectivity index (χ0) is 20.3. The molecule has 2 saturated heterocycles. The number of likely N-dealkylation sites (tertiary alicyclic amines) is 1. The van der Waals surface area contributed by atoms with E-state index >= 15 is 0 Å². The van der Waals surface area contributed by atoms with E-state index in [1.54, 1.807) is 31.4 Å². The molecule has 2 aromatic rings. The molecule has 1 aromatic heterocycles. The topological polar surface area (TPSA) is 82.2 Å². The summed E-state index contributed by atoms with van der Waals surface area (Å²) in [4.78, 5) is 18.9. The summed E-state index contributed by atoms with van der Waals surface area (Å²) in [7, 11) is 3.22. The minimum atomic E-state index is -0.492. The summed E-state index contributed by atoms with van der Waals surface area (Å²) >= 11 is 0.